The number of methoxy groups -OCH3 is 2. The van der Waals surface area contributed by atoms with Gasteiger partial charge in [-0.05, 0) is 49.2 Å². The van der Waals surface area contributed by atoms with E-state index in [4.69, 9.17) is 9.47 Å². The van der Waals surface area contributed by atoms with Crippen molar-refractivity contribution in [2.24, 2.45) is 0 Å². The maximum absolute atomic E-state index is 12.4. The van der Waals surface area contributed by atoms with E-state index in [0.717, 1.165) is 42.1 Å². The van der Waals surface area contributed by atoms with Gasteiger partial charge in [0.05, 0.1) is 20.8 Å². The molecule has 5 heteroatoms. The van der Waals surface area contributed by atoms with E-state index in [1.165, 1.54) is 0 Å². The van der Waals surface area contributed by atoms with Crippen LogP contribution >= 0.6 is 0 Å². The quantitative estimate of drug-likeness (QED) is 0.875. The second kappa shape index (κ2) is 8.03. The number of carbonyl (C=O) groups is 1. The van der Waals surface area contributed by atoms with Crippen molar-refractivity contribution in [3.8, 4) is 11.5 Å². The lowest BCUT2D eigenvalue weighted by atomic mass is 10.0. The van der Waals surface area contributed by atoms with E-state index in [2.05, 4.69) is 16.3 Å². The Bertz CT molecular complexity index is 718. The molecule has 2 aromatic carbocycles. The molecule has 132 valence electrons. The first kappa shape index (κ1) is 17.3. The number of para-hydroxylation sites is 1. The molecule has 0 bridgehead atoms. The summed E-state index contributed by atoms with van der Waals surface area (Å²) in [5.74, 6) is 1.46. The van der Waals surface area contributed by atoms with E-state index in [0.29, 0.717) is 6.54 Å². The third-order valence-corrected chi connectivity index (χ3v) is 4.56. The number of benzene rings is 2. The van der Waals surface area contributed by atoms with Crippen LogP contribution in [0.1, 0.15) is 24.4 Å². The molecule has 0 saturated carbocycles. The van der Waals surface area contributed by atoms with Crippen LogP contribution in [-0.2, 0) is 4.79 Å². The highest BCUT2D eigenvalue weighted by atomic mass is 16.5. The number of nitrogens with zero attached hydrogens (tertiary/aromatic N) is 1. The lowest BCUT2D eigenvalue weighted by Crippen LogP contribution is -2.32. The van der Waals surface area contributed by atoms with Crippen LogP contribution in [0.2, 0.25) is 0 Å². The Hall–Kier alpha value is -2.53. The highest BCUT2D eigenvalue weighted by Gasteiger charge is 2.28. The molecule has 1 aliphatic rings. The Kier molecular flexibility index (Phi) is 5.56. The number of hydrogen-bond acceptors (Lipinski definition) is 4. The Balaban J connectivity index is 1.69. The highest BCUT2D eigenvalue weighted by Crippen LogP contribution is 2.36. The molecule has 1 atom stereocenters. The topological polar surface area (TPSA) is 50.8 Å². The molecule has 1 unspecified atom stereocenters. The molecule has 0 radical (unpaired) electrons. The zero-order chi connectivity index (χ0) is 17.6. The van der Waals surface area contributed by atoms with Crippen LogP contribution < -0.4 is 14.8 Å². The van der Waals surface area contributed by atoms with Crippen molar-refractivity contribution in [1.29, 1.82) is 0 Å². The van der Waals surface area contributed by atoms with E-state index >= 15 is 0 Å². The van der Waals surface area contributed by atoms with Gasteiger partial charge in [-0.15, -0.1) is 0 Å². The van der Waals surface area contributed by atoms with Gasteiger partial charge in [-0.2, -0.15) is 0 Å². The molecule has 0 aliphatic carbocycles. The Morgan fingerprint density at radius 2 is 1.88 bits per heavy atom. The van der Waals surface area contributed by atoms with Crippen LogP contribution in [0.15, 0.2) is 48.5 Å². The maximum atomic E-state index is 12.4. The molecule has 25 heavy (non-hydrogen) atoms. The summed E-state index contributed by atoms with van der Waals surface area (Å²) in [5, 5.41) is 2.96. The third kappa shape index (κ3) is 4.12. The summed E-state index contributed by atoms with van der Waals surface area (Å²) >= 11 is 0. The Morgan fingerprint density at radius 1 is 1.12 bits per heavy atom. The molecule has 1 amide bonds. The molecular formula is C20H24N2O3. The summed E-state index contributed by atoms with van der Waals surface area (Å²) in [6.07, 6.45) is 2.12. The fraction of sp³-hybridized carbons (Fsp3) is 0.350. The lowest BCUT2D eigenvalue weighted by molar-refractivity contribution is -0.117. The Labute approximate surface area is 148 Å². The van der Waals surface area contributed by atoms with E-state index in [1.54, 1.807) is 14.2 Å². The molecule has 5 nitrogen and oxygen atoms in total. The zero-order valence-corrected chi connectivity index (χ0v) is 14.7. The Morgan fingerprint density at radius 3 is 2.60 bits per heavy atom. The molecule has 2 aromatic rings. The molecule has 0 spiro atoms. The van der Waals surface area contributed by atoms with Crippen molar-refractivity contribution < 1.29 is 14.3 Å². The van der Waals surface area contributed by atoms with Crippen LogP contribution in [0, 0.1) is 0 Å². The van der Waals surface area contributed by atoms with Gasteiger partial charge in [-0.1, -0.05) is 24.3 Å². The van der Waals surface area contributed by atoms with Gasteiger partial charge in [0.2, 0.25) is 5.91 Å². The summed E-state index contributed by atoms with van der Waals surface area (Å²) in [5.41, 5.74) is 1.98. The van der Waals surface area contributed by atoms with Gasteiger partial charge in [0.1, 0.15) is 0 Å². The number of amides is 1. The molecule has 1 fully saturated rings. The minimum atomic E-state index is 0.0126. The number of anilines is 1. The van der Waals surface area contributed by atoms with Gasteiger partial charge < -0.3 is 14.8 Å². The van der Waals surface area contributed by atoms with Crippen molar-refractivity contribution in [2.45, 2.75) is 18.9 Å². The molecule has 1 N–H and O–H groups in total. The second-order valence-electron chi connectivity index (χ2n) is 6.16. The molecule has 3 rings (SSSR count). The molecule has 1 heterocycles. The fourth-order valence-electron chi connectivity index (χ4n) is 3.36. The second-order valence-corrected chi connectivity index (χ2v) is 6.16. The first-order valence-corrected chi connectivity index (χ1v) is 8.52. The molecule has 1 saturated heterocycles. The number of likely N-dealkylation sites (tertiary alicyclic amines) is 1. The normalized spacial score (nSPS) is 17.3. The van der Waals surface area contributed by atoms with Crippen molar-refractivity contribution in [3.05, 3.63) is 54.1 Å². The number of carbonyl (C=O) groups excluding carboxylic acids is 1. The van der Waals surface area contributed by atoms with Crippen molar-refractivity contribution in [2.75, 3.05) is 32.6 Å². The van der Waals surface area contributed by atoms with Crippen LogP contribution in [-0.4, -0.2) is 38.1 Å². The lowest BCUT2D eigenvalue weighted by Gasteiger charge is -2.25. The van der Waals surface area contributed by atoms with Crippen molar-refractivity contribution in [1.82, 2.24) is 4.90 Å². The number of hydrogen-bond donors (Lipinski definition) is 1. The average molecular weight is 340 g/mol. The van der Waals surface area contributed by atoms with Crippen LogP contribution in [0.5, 0.6) is 11.5 Å². The van der Waals surface area contributed by atoms with Gasteiger partial charge in [0, 0.05) is 11.7 Å². The summed E-state index contributed by atoms with van der Waals surface area (Å²) in [6, 6.07) is 15.8. The first-order valence-electron chi connectivity index (χ1n) is 8.52. The predicted octanol–water partition coefficient (Wildman–Crippen LogP) is 3.48. The molecule has 1 aliphatic heterocycles. The van der Waals surface area contributed by atoms with Gasteiger partial charge in [-0.25, -0.2) is 0 Å². The highest BCUT2D eigenvalue weighted by molar-refractivity contribution is 5.92. The number of ether oxygens (including phenoxy) is 2. The van der Waals surface area contributed by atoms with E-state index < -0.39 is 0 Å². The SMILES string of the molecule is COc1ccc(C2CCCN2CC(=O)Nc2ccccc2)cc1OC. The number of nitrogens with one attached hydrogen (secondary N) is 1. The van der Waals surface area contributed by atoms with Crippen molar-refractivity contribution >= 4 is 11.6 Å². The van der Waals surface area contributed by atoms with E-state index in [9.17, 15) is 4.79 Å². The summed E-state index contributed by atoms with van der Waals surface area (Å²) in [4.78, 5) is 14.6. The molecular weight excluding hydrogens is 316 g/mol. The zero-order valence-electron chi connectivity index (χ0n) is 14.7. The molecule has 0 aromatic heterocycles. The predicted molar refractivity (Wildman–Crippen MR) is 98.2 cm³/mol. The fourth-order valence-corrected chi connectivity index (χ4v) is 3.36. The van der Waals surface area contributed by atoms with E-state index in [1.807, 2.05) is 42.5 Å². The first-order chi connectivity index (χ1) is 12.2. The largest absolute Gasteiger partial charge is 0.493 e. The van der Waals surface area contributed by atoms with Gasteiger partial charge in [0.25, 0.3) is 0 Å². The van der Waals surface area contributed by atoms with Crippen LogP contribution in [0.4, 0.5) is 5.69 Å². The van der Waals surface area contributed by atoms with Crippen LogP contribution in [0.25, 0.3) is 0 Å². The summed E-state index contributed by atoms with van der Waals surface area (Å²) < 4.78 is 10.7. The van der Waals surface area contributed by atoms with E-state index in [-0.39, 0.29) is 11.9 Å². The van der Waals surface area contributed by atoms with Crippen molar-refractivity contribution in [3.63, 3.8) is 0 Å². The standard InChI is InChI=1S/C20H24N2O3/c1-24-18-11-10-15(13-19(18)25-2)17-9-6-12-22(17)14-20(23)21-16-7-4-3-5-8-16/h3-5,7-8,10-11,13,17H,6,9,12,14H2,1-2H3,(H,21,23). The van der Waals surface area contributed by atoms with Gasteiger partial charge in [-0.3, -0.25) is 9.69 Å². The van der Waals surface area contributed by atoms with Gasteiger partial charge in [0.15, 0.2) is 11.5 Å². The smallest absolute Gasteiger partial charge is 0.238 e. The average Bonchev–Trinajstić information content (AvgIpc) is 3.09. The van der Waals surface area contributed by atoms with Gasteiger partial charge >= 0.3 is 0 Å². The minimum Gasteiger partial charge on any atom is -0.493 e. The van der Waals surface area contributed by atoms with Crippen LogP contribution in [0.3, 0.4) is 0 Å². The minimum absolute atomic E-state index is 0.0126. The number of rotatable bonds is 6. The summed E-state index contributed by atoms with van der Waals surface area (Å²) in [7, 11) is 3.27. The summed E-state index contributed by atoms with van der Waals surface area (Å²) in [6.45, 7) is 1.30. The monoisotopic (exact) mass is 340 g/mol. The maximum Gasteiger partial charge on any atom is 0.238 e. The third-order valence-electron chi connectivity index (χ3n) is 4.56.